The molecule has 0 spiro atoms. The summed E-state index contributed by atoms with van der Waals surface area (Å²) in [6, 6.07) is -0.628. The van der Waals surface area contributed by atoms with Gasteiger partial charge in [0.2, 0.25) is 5.91 Å². The summed E-state index contributed by atoms with van der Waals surface area (Å²) in [6.07, 6.45) is 86.5. The molecule has 0 aromatic carbocycles. The van der Waals surface area contributed by atoms with Crippen molar-refractivity contribution in [2.24, 2.45) is 0 Å². The summed E-state index contributed by atoms with van der Waals surface area (Å²) < 4.78 is 5.47. The molecule has 6 nitrogen and oxygen atoms in total. The van der Waals surface area contributed by atoms with Gasteiger partial charge in [-0.3, -0.25) is 9.59 Å². The van der Waals surface area contributed by atoms with Gasteiger partial charge in [-0.05, 0) is 83.5 Å². The molecule has 0 radical (unpaired) electrons. The molecule has 0 saturated carbocycles. The highest BCUT2D eigenvalue weighted by Crippen LogP contribution is 2.18. The van der Waals surface area contributed by atoms with Gasteiger partial charge in [0, 0.05) is 12.8 Å². The monoisotopic (exact) mass is 1100 g/mol. The zero-order valence-electron chi connectivity index (χ0n) is 52.7. The van der Waals surface area contributed by atoms with Crippen molar-refractivity contribution < 1.29 is 24.5 Å². The Morgan fingerprint density at radius 2 is 0.603 bits per heavy atom. The predicted molar refractivity (Wildman–Crippen MR) is 343 cm³/mol. The quantitative estimate of drug-likeness (QED) is 0.0320. The number of esters is 1. The molecule has 1 amide bonds. The third kappa shape index (κ3) is 63.3. The maximum atomic E-state index is 12.5. The second-order valence-corrected chi connectivity index (χ2v) is 24.2. The lowest BCUT2D eigenvalue weighted by atomic mass is 10.0. The molecule has 2 unspecified atom stereocenters. The highest BCUT2D eigenvalue weighted by Gasteiger charge is 2.18. The standard InChI is InChI=1S/C72H137NO5/c1-3-5-7-9-11-13-15-17-18-19-20-32-35-38-41-44-48-52-56-60-64-70(75)69(68-74)73-71(76)65-61-57-53-49-45-42-39-36-33-30-28-26-24-22-21-23-25-27-29-31-34-37-40-43-47-51-55-59-63-67-78-72(77)66-62-58-54-50-46-16-14-12-10-8-6-4-2/h12,14,21,23,60,64,69-70,74-75H,3-11,13,15-20,22,24-59,61-63,65-68H2,1-2H3,(H,73,76)/b14-12-,23-21-,64-60+. The van der Waals surface area contributed by atoms with Crippen LogP contribution in [0, 0.1) is 0 Å². The van der Waals surface area contributed by atoms with Crippen LogP contribution in [0.15, 0.2) is 36.5 Å². The molecule has 6 heteroatoms. The van der Waals surface area contributed by atoms with Gasteiger partial charge < -0.3 is 20.3 Å². The molecule has 0 bridgehead atoms. The Morgan fingerprint density at radius 1 is 0.346 bits per heavy atom. The number of nitrogens with one attached hydrogen (secondary N) is 1. The summed E-state index contributed by atoms with van der Waals surface area (Å²) in [7, 11) is 0. The number of unbranched alkanes of at least 4 members (excludes halogenated alkanes) is 51. The van der Waals surface area contributed by atoms with Gasteiger partial charge in [0.1, 0.15) is 0 Å². The highest BCUT2D eigenvalue weighted by atomic mass is 16.5. The van der Waals surface area contributed by atoms with Crippen LogP contribution < -0.4 is 5.32 Å². The second-order valence-electron chi connectivity index (χ2n) is 24.2. The summed E-state index contributed by atoms with van der Waals surface area (Å²) >= 11 is 0. The Morgan fingerprint density at radius 3 is 0.936 bits per heavy atom. The van der Waals surface area contributed by atoms with Crippen molar-refractivity contribution in [1.29, 1.82) is 0 Å². The summed E-state index contributed by atoms with van der Waals surface area (Å²) in [6.45, 7) is 4.91. The summed E-state index contributed by atoms with van der Waals surface area (Å²) in [5.41, 5.74) is 0. The van der Waals surface area contributed by atoms with Crippen LogP contribution in [0.4, 0.5) is 0 Å². The Labute approximate surface area is 487 Å². The molecule has 0 saturated heterocycles. The minimum absolute atomic E-state index is 0.00633. The molecular formula is C72H137NO5. The molecule has 78 heavy (non-hydrogen) atoms. The number of rotatable bonds is 66. The van der Waals surface area contributed by atoms with Crippen LogP contribution in [0.1, 0.15) is 386 Å². The predicted octanol–water partition coefficient (Wildman–Crippen LogP) is 22.7. The maximum Gasteiger partial charge on any atom is 0.305 e. The minimum Gasteiger partial charge on any atom is -0.466 e. The number of amides is 1. The van der Waals surface area contributed by atoms with Crippen LogP contribution in [0.2, 0.25) is 0 Å². The van der Waals surface area contributed by atoms with E-state index in [0.29, 0.717) is 19.4 Å². The van der Waals surface area contributed by atoms with Crippen molar-refractivity contribution in [2.45, 2.75) is 398 Å². The number of hydrogen-bond acceptors (Lipinski definition) is 5. The van der Waals surface area contributed by atoms with E-state index in [1.54, 1.807) is 6.08 Å². The topological polar surface area (TPSA) is 95.9 Å². The lowest BCUT2D eigenvalue weighted by molar-refractivity contribution is -0.143. The number of carbonyl (C=O) groups is 2. The van der Waals surface area contributed by atoms with Crippen LogP contribution in [0.25, 0.3) is 0 Å². The maximum absolute atomic E-state index is 12.5. The van der Waals surface area contributed by atoms with Crippen molar-refractivity contribution in [2.75, 3.05) is 13.2 Å². The van der Waals surface area contributed by atoms with Crippen LogP contribution in [-0.4, -0.2) is 47.4 Å². The van der Waals surface area contributed by atoms with Gasteiger partial charge in [-0.25, -0.2) is 0 Å². The van der Waals surface area contributed by atoms with Crippen LogP contribution in [0.3, 0.4) is 0 Å². The first-order valence-corrected chi connectivity index (χ1v) is 35.3. The van der Waals surface area contributed by atoms with Crippen LogP contribution in [0.5, 0.6) is 0 Å². The van der Waals surface area contributed by atoms with E-state index in [1.807, 2.05) is 6.08 Å². The van der Waals surface area contributed by atoms with Crippen molar-refractivity contribution in [1.82, 2.24) is 5.32 Å². The largest absolute Gasteiger partial charge is 0.466 e. The van der Waals surface area contributed by atoms with E-state index in [4.69, 9.17) is 4.74 Å². The van der Waals surface area contributed by atoms with Crippen molar-refractivity contribution in [3.63, 3.8) is 0 Å². The van der Waals surface area contributed by atoms with Crippen molar-refractivity contribution in [3.05, 3.63) is 36.5 Å². The zero-order valence-corrected chi connectivity index (χ0v) is 52.7. The number of aliphatic hydroxyl groups excluding tert-OH is 2. The third-order valence-corrected chi connectivity index (χ3v) is 16.4. The average molecular weight is 1100 g/mol. The fraction of sp³-hybridized carbons (Fsp3) is 0.889. The van der Waals surface area contributed by atoms with Crippen LogP contribution in [-0.2, 0) is 14.3 Å². The number of ether oxygens (including phenoxy) is 1. The Balaban J connectivity index is 3.40. The molecule has 0 aliphatic heterocycles. The van der Waals surface area contributed by atoms with E-state index >= 15 is 0 Å². The smallest absolute Gasteiger partial charge is 0.305 e. The normalized spacial score (nSPS) is 12.7. The summed E-state index contributed by atoms with van der Waals surface area (Å²) in [5.74, 6) is -0.0574. The molecule has 0 aliphatic carbocycles. The van der Waals surface area contributed by atoms with Crippen molar-refractivity contribution in [3.8, 4) is 0 Å². The van der Waals surface area contributed by atoms with E-state index in [-0.39, 0.29) is 18.5 Å². The van der Waals surface area contributed by atoms with E-state index < -0.39 is 12.1 Å². The minimum atomic E-state index is -0.845. The first kappa shape index (κ1) is 76.1. The number of aliphatic hydroxyl groups is 2. The first-order valence-electron chi connectivity index (χ1n) is 35.3. The molecule has 0 heterocycles. The first-order chi connectivity index (χ1) is 38.5. The highest BCUT2D eigenvalue weighted by molar-refractivity contribution is 5.76. The molecule has 0 rings (SSSR count). The molecule has 0 aliphatic rings. The van der Waals surface area contributed by atoms with Gasteiger partial charge in [0.15, 0.2) is 0 Å². The van der Waals surface area contributed by atoms with Gasteiger partial charge in [0.25, 0.3) is 0 Å². The lowest BCUT2D eigenvalue weighted by Gasteiger charge is -2.20. The Hall–Kier alpha value is -1.92. The van der Waals surface area contributed by atoms with Gasteiger partial charge in [-0.2, -0.15) is 0 Å². The zero-order chi connectivity index (χ0) is 56.4. The van der Waals surface area contributed by atoms with Crippen molar-refractivity contribution >= 4 is 11.9 Å². The number of hydrogen-bond donors (Lipinski definition) is 3. The molecule has 460 valence electrons. The fourth-order valence-corrected chi connectivity index (χ4v) is 11.0. The van der Waals surface area contributed by atoms with E-state index in [9.17, 15) is 19.8 Å². The lowest BCUT2D eigenvalue weighted by Crippen LogP contribution is -2.45. The van der Waals surface area contributed by atoms with Gasteiger partial charge in [0.05, 0.1) is 25.4 Å². The SMILES string of the molecule is CCCCC/C=C\CCCCCCCC(=O)OCCCCCCCCCCCCCC/C=C\CCCCCCCCCCCCCCCC(=O)NC(CO)C(O)/C=C/CCCCCCCCCCCCCCCCCCCC. The van der Waals surface area contributed by atoms with E-state index in [2.05, 4.69) is 43.5 Å². The molecule has 0 aromatic heterocycles. The number of allylic oxidation sites excluding steroid dienone is 5. The van der Waals surface area contributed by atoms with Crippen LogP contribution >= 0.6 is 0 Å². The number of carbonyl (C=O) groups excluding carboxylic acids is 2. The van der Waals surface area contributed by atoms with Gasteiger partial charge >= 0.3 is 5.97 Å². The second kappa shape index (κ2) is 67.6. The summed E-state index contributed by atoms with van der Waals surface area (Å²) in [4.78, 5) is 24.5. The summed E-state index contributed by atoms with van der Waals surface area (Å²) in [5, 5.41) is 23.2. The molecule has 3 N–H and O–H groups in total. The van der Waals surface area contributed by atoms with E-state index in [1.165, 1.54) is 315 Å². The molecular weight excluding hydrogens is 959 g/mol. The van der Waals surface area contributed by atoms with Gasteiger partial charge in [-0.1, -0.05) is 326 Å². The molecule has 2 atom stereocenters. The Kier molecular flexibility index (Phi) is 65.9. The third-order valence-electron chi connectivity index (χ3n) is 16.4. The van der Waals surface area contributed by atoms with Gasteiger partial charge in [-0.15, -0.1) is 0 Å². The molecule has 0 fully saturated rings. The van der Waals surface area contributed by atoms with E-state index in [0.717, 1.165) is 44.9 Å². The Bertz CT molecular complexity index is 1260. The average Bonchev–Trinajstić information content (AvgIpc) is 3.44. The molecule has 0 aromatic rings. The fourth-order valence-electron chi connectivity index (χ4n) is 11.0.